The first kappa shape index (κ1) is 27.4. The molecule has 1 saturated heterocycles. The third kappa shape index (κ3) is 6.07. The van der Waals surface area contributed by atoms with Crippen LogP contribution in [0.1, 0.15) is 53.2 Å². The zero-order valence-electron chi connectivity index (χ0n) is 21.1. The van der Waals surface area contributed by atoms with Gasteiger partial charge in [0.2, 0.25) is 5.91 Å². The van der Waals surface area contributed by atoms with E-state index in [1.165, 1.54) is 35.9 Å². The number of carbonyl (C=O) groups is 3. The Morgan fingerprint density at radius 3 is 2.18 bits per heavy atom. The average Bonchev–Trinajstić information content (AvgIpc) is 2.92. The number of aryl methyl sites for hydroxylation is 1. The Hall–Kier alpha value is -3.65. The van der Waals surface area contributed by atoms with E-state index in [1.807, 2.05) is 24.3 Å². The number of ketones is 1. The van der Waals surface area contributed by atoms with Crippen LogP contribution in [0.5, 0.6) is 5.75 Å². The Morgan fingerprint density at radius 2 is 1.61 bits per heavy atom. The van der Waals surface area contributed by atoms with E-state index in [0.29, 0.717) is 22.4 Å². The van der Waals surface area contributed by atoms with Crippen LogP contribution in [0.3, 0.4) is 0 Å². The zero-order valence-corrected chi connectivity index (χ0v) is 21.9. The van der Waals surface area contributed by atoms with Crippen molar-refractivity contribution in [1.82, 2.24) is 5.32 Å². The molecule has 0 bridgehead atoms. The van der Waals surface area contributed by atoms with Crippen molar-refractivity contribution in [2.24, 2.45) is 0 Å². The molecule has 0 saturated carbocycles. The lowest BCUT2D eigenvalue weighted by Gasteiger charge is -2.49. The van der Waals surface area contributed by atoms with E-state index in [4.69, 9.17) is 9.84 Å². The molecule has 2 N–H and O–H groups in total. The normalized spacial score (nSPS) is 18.4. The highest BCUT2D eigenvalue weighted by Crippen LogP contribution is 2.45. The fraction of sp³-hybridized carbons (Fsp3) is 0.300. The summed E-state index contributed by atoms with van der Waals surface area (Å²) in [6.07, 6.45) is 4.44. The number of amides is 1. The fourth-order valence-corrected chi connectivity index (χ4v) is 5.89. The summed E-state index contributed by atoms with van der Waals surface area (Å²) < 4.78 is 19.0. The molecule has 6 nitrogen and oxygen atoms in total. The minimum absolute atomic E-state index is 0.0692. The standard InChI is InChI=1S/C30H30FNO5S/c1-2-3-4-5-20-6-8-21(9-7-20)26(33)19-38-28-29(36)32-30(28,22-10-14-24(31)15-11-22)23-12-16-25(17-13-23)37-18-27(34)35/h6-17,28H,2-5,18-19H2,1H3,(H,32,36)(H,34,35)/t28-,30-/m0/s1. The lowest BCUT2D eigenvalue weighted by molar-refractivity contribution is -0.139. The smallest absolute Gasteiger partial charge is 0.341 e. The Kier molecular flexibility index (Phi) is 8.84. The molecule has 1 aliphatic heterocycles. The Morgan fingerprint density at radius 1 is 0.974 bits per heavy atom. The summed E-state index contributed by atoms with van der Waals surface area (Å²) in [5.41, 5.74) is 2.22. The molecule has 2 atom stereocenters. The van der Waals surface area contributed by atoms with Crippen LogP contribution in [0.2, 0.25) is 0 Å². The number of carbonyl (C=O) groups excluding carboxylic acids is 2. The topological polar surface area (TPSA) is 92.7 Å². The molecule has 3 aromatic carbocycles. The average molecular weight is 536 g/mol. The summed E-state index contributed by atoms with van der Waals surface area (Å²) in [7, 11) is 0. The number of thioether (sulfide) groups is 1. The van der Waals surface area contributed by atoms with Crippen molar-refractivity contribution in [3.63, 3.8) is 0 Å². The van der Waals surface area contributed by atoms with Crippen LogP contribution in [0.15, 0.2) is 72.8 Å². The maximum atomic E-state index is 13.7. The molecule has 1 heterocycles. The number of unbranched alkanes of at least 4 members (excludes halogenated alkanes) is 2. The number of halogens is 1. The molecule has 0 aromatic heterocycles. The van der Waals surface area contributed by atoms with Crippen molar-refractivity contribution >= 4 is 29.4 Å². The minimum atomic E-state index is -1.09. The first-order chi connectivity index (χ1) is 18.3. The number of hydrogen-bond donors (Lipinski definition) is 2. The van der Waals surface area contributed by atoms with E-state index in [9.17, 15) is 18.8 Å². The molecule has 8 heteroatoms. The van der Waals surface area contributed by atoms with Crippen LogP contribution in [0.25, 0.3) is 0 Å². The number of ether oxygens (including phenoxy) is 1. The number of aliphatic carboxylic acids is 1. The second kappa shape index (κ2) is 12.3. The summed E-state index contributed by atoms with van der Waals surface area (Å²) in [6.45, 7) is 1.69. The van der Waals surface area contributed by atoms with Gasteiger partial charge in [0.1, 0.15) is 22.4 Å². The zero-order chi connectivity index (χ0) is 27.1. The predicted molar refractivity (Wildman–Crippen MR) is 145 cm³/mol. The van der Waals surface area contributed by atoms with E-state index in [1.54, 1.807) is 36.4 Å². The molecule has 198 valence electrons. The highest BCUT2D eigenvalue weighted by Gasteiger charge is 2.56. The maximum absolute atomic E-state index is 13.7. The minimum Gasteiger partial charge on any atom is -0.482 e. The SMILES string of the molecule is CCCCCc1ccc(C(=O)CS[C@H]2C(=O)N[C@@]2(c2ccc(F)cc2)c2ccc(OCC(=O)O)cc2)cc1. The molecule has 1 aliphatic rings. The van der Waals surface area contributed by atoms with Gasteiger partial charge in [-0.15, -0.1) is 11.8 Å². The van der Waals surface area contributed by atoms with Gasteiger partial charge in [-0.1, -0.05) is 68.3 Å². The van der Waals surface area contributed by atoms with Crippen molar-refractivity contribution in [2.75, 3.05) is 12.4 Å². The summed E-state index contributed by atoms with van der Waals surface area (Å²) >= 11 is 1.25. The highest BCUT2D eigenvalue weighted by atomic mass is 32.2. The molecule has 4 rings (SSSR count). The number of nitrogens with one attached hydrogen (secondary N) is 1. The lowest BCUT2D eigenvalue weighted by Crippen LogP contribution is -2.69. The Balaban J connectivity index is 1.53. The van der Waals surface area contributed by atoms with Gasteiger partial charge in [-0.3, -0.25) is 9.59 Å². The van der Waals surface area contributed by atoms with Crippen molar-refractivity contribution in [3.05, 3.63) is 101 Å². The first-order valence-electron chi connectivity index (χ1n) is 12.6. The summed E-state index contributed by atoms with van der Waals surface area (Å²) in [5, 5.41) is 11.2. The number of carboxylic acids is 1. The molecule has 1 amide bonds. The number of Topliss-reactive ketones (excluding diaryl/α,β-unsaturated/α-hetero) is 1. The van der Waals surface area contributed by atoms with E-state index in [2.05, 4.69) is 12.2 Å². The van der Waals surface area contributed by atoms with Crippen LogP contribution in [-0.4, -0.2) is 40.4 Å². The highest BCUT2D eigenvalue weighted by molar-refractivity contribution is 8.01. The molecule has 0 aliphatic carbocycles. The number of hydrogen-bond acceptors (Lipinski definition) is 5. The monoisotopic (exact) mass is 535 g/mol. The number of rotatable bonds is 13. The molecule has 0 spiro atoms. The molecule has 1 fully saturated rings. The number of benzene rings is 3. The van der Waals surface area contributed by atoms with Gasteiger partial charge in [-0.25, -0.2) is 9.18 Å². The van der Waals surface area contributed by atoms with Crippen LogP contribution in [0, 0.1) is 5.82 Å². The summed E-state index contributed by atoms with van der Waals surface area (Å²) in [4.78, 5) is 36.6. The quantitative estimate of drug-likeness (QED) is 0.173. The van der Waals surface area contributed by atoms with Crippen molar-refractivity contribution in [1.29, 1.82) is 0 Å². The van der Waals surface area contributed by atoms with Crippen LogP contribution < -0.4 is 10.1 Å². The van der Waals surface area contributed by atoms with Crippen molar-refractivity contribution in [3.8, 4) is 5.75 Å². The van der Waals surface area contributed by atoms with Gasteiger partial charge in [0.25, 0.3) is 0 Å². The van der Waals surface area contributed by atoms with Crippen molar-refractivity contribution in [2.45, 2.75) is 43.4 Å². The van der Waals surface area contributed by atoms with Crippen LogP contribution in [0.4, 0.5) is 4.39 Å². The van der Waals surface area contributed by atoms with Gasteiger partial charge in [-0.2, -0.15) is 0 Å². The second-order valence-electron chi connectivity index (χ2n) is 9.28. The molecular weight excluding hydrogens is 505 g/mol. The largest absolute Gasteiger partial charge is 0.482 e. The van der Waals surface area contributed by atoms with Gasteiger partial charge in [0, 0.05) is 5.56 Å². The molecule has 38 heavy (non-hydrogen) atoms. The van der Waals surface area contributed by atoms with Gasteiger partial charge in [0.05, 0.1) is 5.75 Å². The molecule has 3 aromatic rings. The third-order valence-corrected chi connectivity index (χ3v) is 7.98. The number of β-lactam (4-membered cyclic amide) rings is 1. The van der Waals surface area contributed by atoms with E-state index >= 15 is 0 Å². The maximum Gasteiger partial charge on any atom is 0.341 e. The van der Waals surface area contributed by atoms with E-state index in [-0.39, 0.29) is 17.4 Å². The first-order valence-corrected chi connectivity index (χ1v) is 13.7. The van der Waals surface area contributed by atoms with Crippen LogP contribution >= 0.6 is 11.8 Å². The lowest BCUT2D eigenvalue weighted by atomic mass is 9.74. The third-order valence-electron chi connectivity index (χ3n) is 6.65. The van der Waals surface area contributed by atoms with E-state index < -0.39 is 29.2 Å². The van der Waals surface area contributed by atoms with Gasteiger partial charge in [0.15, 0.2) is 12.4 Å². The summed E-state index contributed by atoms with van der Waals surface area (Å²) in [5.74, 6) is -1.30. The van der Waals surface area contributed by atoms with Crippen LogP contribution in [-0.2, 0) is 21.5 Å². The van der Waals surface area contributed by atoms with Gasteiger partial charge >= 0.3 is 5.97 Å². The van der Waals surface area contributed by atoms with E-state index in [0.717, 1.165) is 19.3 Å². The molecular formula is C30H30FNO5S. The number of carboxylic acid groups (broad SMARTS) is 1. The van der Waals surface area contributed by atoms with Crippen molar-refractivity contribution < 1.29 is 28.6 Å². The van der Waals surface area contributed by atoms with Gasteiger partial charge < -0.3 is 15.2 Å². The summed E-state index contributed by atoms with van der Waals surface area (Å²) in [6, 6.07) is 20.3. The Labute approximate surface area is 225 Å². The fourth-order valence-electron chi connectivity index (χ4n) is 4.61. The predicted octanol–water partition coefficient (Wildman–Crippen LogP) is 5.38. The molecule has 0 radical (unpaired) electrons. The second-order valence-corrected chi connectivity index (χ2v) is 10.4. The van der Waals surface area contributed by atoms with Gasteiger partial charge in [-0.05, 0) is 53.8 Å². The Bertz CT molecular complexity index is 1280. The molecule has 0 unspecified atom stereocenters.